The number of benzene rings is 9. The minimum absolute atomic E-state index is 0.0839. The van der Waals surface area contributed by atoms with E-state index >= 15 is 0 Å². The van der Waals surface area contributed by atoms with Crippen LogP contribution in [0.4, 0.5) is 0 Å². The fraction of sp³-hybridized carbons (Fsp3) is 0.130. The van der Waals surface area contributed by atoms with Crippen molar-refractivity contribution in [3.8, 4) is 55.9 Å². The van der Waals surface area contributed by atoms with Crippen molar-refractivity contribution in [2.75, 3.05) is 0 Å². The Hall–Kier alpha value is -8.20. The molecule has 4 aliphatic carbocycles. The summed E-state index contributed by atoms with van der Waals surface area (Å²) in [6.45, 7) is 4.76. The zero-order valence-electron chi connectivity index (χ0n) is 40.3. The fourth-order valence-corrected chi connectivity index (χ4v) is 13.5. The Morgan fingerprint density at radius 2 is 1.01 bits per heavy atom. The summed E-state index contributed by atoms with van der Waals surface area (Å²) in [5.41, 5.74) is 25.0. The third-order valence-corrected chi connectivity index (χ3v) is 16.7. The Balaban J connectivity index is 1.04. The van der Waals surface area contributed by atoms with E-state index in [1.807, 2.05) is 0 Å². The maximum Gasteiger partial charge on any atom is 0.0537 e. The van der Waals surface area contributed by atoms with Crippen LogP contribution in [0.15, 0.2) is 188 Å². The van der Waals surface area contributed by atoms with E-state index in [9.17, 15) is 0 Å². The molecule has 0 N–H and O–H groups in total. The lowest BCUT2D eigenvalue weighted by Gasteiger charge is -2.23. The molecule has 4 aliphatic rings. The zero-order chi connectivity index (χ0) is 47.0. The molecule has 11 aromatic rings. The Labute approximate surface area is 415 Å². The largest absolute Gasteiger partial charge is 0.313 e. The predicted octanol–water partition coefficient (Wildman–Crippen LogP) is 18.1. The molecule has 0 saturated heterocycles. The van der Waals surface area contributed by atoms with Crippen LogP contribution >= 0.6 is 0 Å². The summed E-state index contributed by atoms with van der Waals surface area (Å²) in [5.74, 6) is 0. The van der Waals surface area contributed by atoms with E-state index in [1.165, 1.54) is 144 Å². The first-order chi connectivity index (χ1) is 35.0. The maximum atomic E-state index is 2.60. The molecule has 0 bridgehead atoms. The molecular weight excluding hydrogens is 857 g/mol. The van der Waals surface area contributed by atoms with Crippen LogP contribution in [-0.2, 0) is 24.7 Å². The number of hydrogen-bond donors (Lipinski definition) is 0. The van der Waals surface area contributed by atoms with E-state index in [2.05, 4.69) is 229 Å². The average molecular weight is 909 g/mol. The smallest absolute Gasteiger partial charge is 0.0537 e. The SMILES string of the molecule is CC1(C)c2ccccc2-c2ccc(-c3cccc(-c4c5cc(-n6c7c(c8c6CCC=C8)CCC=C7)ccc5c(-c5cccc6ccccc56)c5cc(-n6c7c(c8ccccc86)CCC=C7)ccc45)c3)cc21. The zero-order valence-corrected chi connectivity index (χ0v) is 40.3. The van der Waals surface area contributed by atoms with Gasteiger partial charge in [0.2, 0.25) is 0 Å². The van der Waals surface area contributed by atoms with Crippen LogP contribution in [0.5, 0.6) is 0 Å². The molecule has 0 saturated carbocycles. The van der Waals surface area contributed by atoms with Gasteiger partial charge in [-0.25, -0.2) is 0 Å². The Morgan fingerprint density at radius 3 is 1.89 bits per heavy atom. The molecule has 9 aromatic carbocycles. The lowest BCUT2D eigenvalue weighted by molar-refractivity contribution is 0.660. The molecule has 15 rings (SSSR count). The minimum Gasteiger partial charge on any atom is -0.313 e. The molecular formula is C69H52N2. The summed E-state index contributed by atoms with van der Waals surface area (Å²) < 4.78 is 5.13. The monoisotopic (exact) mass is 908 g/mol. The van der Waals surface area contributed by atoms with Crippen molar-refractivity contribution in [3.63, 3.8) is 0 Å². The third-order valence-electron chi connectivity index (χ3n) is 16.7. The number of allylic oxidation sites excluding steroid dienone is 3. The van der Waals surface area contributed by atoms with E-state index in [0.717, 1.165) is 38.5 Å². The Morgan fingerprint density at radius 1 is 0.394 bits per heavy atom. The topological polar surface area (TPSA) is 9.86 Å². The lowest BCUT2D eigenvalue weighted by Crippen LogP contribution is -2.14. The quantitative estimate of drug-likeness (QED) is 0.152. The second-order valence-corrected chi connectivity index (χ2v) is 20.8. The van der Waals surface area contributed by atoms with E-state index in [0.29, 0.717) is 0 Å². The van der Waals surface area contributed by atoms with Crippen LogP contribution in [0, 0.1) is 0 Å². The maximum absolute atomic E-state index is 2.60. The minimum atomic E-state index is -0.0839. The van der Waals surface area contributed by atoms with Crippen LogP contribution in [0.1, 0.15) is 78.0 Å². The fourth-order valence-electron chi connectivity index (χ4n) is 13.5. The summed E-state index contributed by atoms with van der Waals surface area (Å²) in [7, 11) is 0. The van der Waals surface area contributed by atoms with Gasteiger partial charge in [0.15, 0.2) is 0 Å². The average Bonchev–Trinajstić information content (AvgIpc) is 4.03. The van der Waals surface area contributed by atoms with Gasteiger partial charge in [0.05, 0.1) is 5.52 Å². The number of para-hydroxylation sites is 1. The number of aromatic nitrogens is 2. The Kier molecular flexibility index (Phi) is 8.82. The molecule has 2 aromatic heterocycles. The van der Waals surface area contributed by atoms with Gasteiger partial charge >= 0.3 is 0 Å². The highest BCUT2D eigenvalue weighted by Gasteiger charge is 2.35. The van der Waals surface area contributed by atoms with Crippen LogP contribution in [0.3, 0.4) is 0 Å². The van der Waals surface area contributed by atoms with Gasteiger partial charge < -0.3 is 9.13 Å². The summed E-state index contributed by atoms with van der Waals surface area (Å²) in [4.78, 5) is 0. The standard InChI is InChI=1S/C69H52N2/c1-69(2)61-28-10-5-22-50(61)51-36-33-45(40-62(51)69)44-19-15-20-46(39-44)67-57-37-34-48(71-65-31-13-8-25-54(65)55-26-9-14-32-66(55)71)42-60(57)68(56-27-16-18-43-17-3-4-21-49(43)56)58-38-35-47(41-59(58)67)70-63-29-11-6-23-52(63)53-24-7-12-30-64(53)70/h3-6,8,10,12-23,25,27-28,30-42H,7,9,11,24,26,29H2,1-2H3. The van der Waals surface area contributed by atoms with Crippen molar-refractivity contribution >= 4 is 61.4 Å². The molecule has 0 fully saturated rings. The summed E-state index contributed by atoms with van der Waals surface area (Å²) in [5, 5.41) is 8.90. The van der Waals surface area contributed by atoms with Gasteiger partial charge in [-0.15, -0.1) is 0 Å². The molecule has 0 atom stereocenters. The van der Waals surface area contributed by atoms with E-state index < -0.39 is 0 Å². The molecule has 71 heavy (non-hydrogen) atoms. The van der Waals surface area contributed by atoms with Gasteiger partial charge in [-0.05, 0) is 198 Å². The normalized spacial score (nSPS) is 15.1. The molecule has 0 unspecified atom stereocenters. The Bertz CT molecular complexity index is 4190. The van der Waals surface area contributed by atoms with E-state index in [1.54, 1.807) is 0 Å². The number of fused-ring (bicyclic) bond motifs is 12. The molecule has 2 heteroatoms. The summed E-state index contributed by atoms with van der Waals surface area (Å²) in [6, 6.07) is 65.1. The van der Waals surface area contributed by atoms with Gasteiger partial charge in [0.1, 0.15) is 0 Å². The van der Waals surface area contributed by atoms with Crippen molar-refractivity contribution < 1.29 is 0 Å². The third kappa shape index (κ3) is 5.95. The van der Waals surface area contributed by atoms with Gasteiger partial charge in [-0.2, -0.15) is 0 Å². The predicted molar refractivity (Wildman–Crippen MR) is 301 cm³/mol. The summed E-state index contributed by atoms with van der Waals surface area (Å²) in [6.07, 6.45) is 20.6. The van der Waals surface area contributed by atoms with Gasteiger partial charge in [0.25, 0.3) is 0 Å². The van der Waals surface area contributed by atoms with Crippen molar-refractivity contribution in [2.45, 2.75) is 57.8 Å². The van der Waals surface area contributed by atoms with Crippen molar-refractivity contribution in [1.29, 1.82) is 0 Å². The molecule has 0 aliphatic heterocycles. The first-order valence-corrected chi connectivity index (χ1v) is 25.8. The molecule has 0 amide bonds. The van der Waals surface area contributed by atoms with Crippen molar-refractivity contribution in [3.05, 3.63) is 233 Å². The van der Waals surface area contributed by atoms with Crippen LogP contribution < -0.4 is 0 Å². The highest BCUT2D eigenvalue weighted by atomic mass is 15.0. The van der Waals surface area contributed by atoms with Gasteiger partial charge in [-0.1, -0.05) is 166 Å². The first kappa shape index (κ1) is 40.7. The van der Waals surface area contributed by atoms with E-state index in [4.69, 9.17) is 0 Å². The number of nitrogens with zero attached hydrogens (tertiary/aromatic N) is 2. The van der Waals surface area contributed by atoms with Crippen molar-refractivity contribution in [2.24, 2.45) is 0 Å². The second kappa shape index (κ2) is 15.4. The highest BCUT2D eigenvalue weighted by Crippen LogP contribution is 2.51. The molecule has 2 nitrogen and oxygen atoms in total. The van der Waals surface area contributed by atoms with Crippen LogP contribution in [-0.4, -0.2) is 9.13 Å². The van der Waals surface area contributed by atoms with Crippen LogP contribution in [0.25, 0.3) is 117 Å². The second-order valence-electron chi connectivity index (χ2n) is 20.8. The molecule has 338 valence electrons. The molecule has 0 spiro atoms. The molecule has 0 radical (unpaired) electrons. The number of hydrogen-bond acceptors (Lipinski definition) is 0. The van der Waals surface area contributed by atoms with E-state index in [-0.39, 0.29) is 5.41 Å². The first-order valence-electron chi connectivity index (χ1n) is 25.8. The number of rotatable bonds is 5. The molecule has 2 heterocycles. The van der Waals surface area contributed by atoms with Crippen LogP contribution in [0.2, 0.25) is 0 Å². The number of aryl methyl sites for hydroxylation is 1. The van der Waals surface area contributed by atoms with Crippen molar-refractivity contribution in [1.82, 2.24) is 9.13 Å². The lowest BCUT2D eigenvalue weighted by atomic mass is 9.81. The summed E-state index contributed by atoms with van der Waals surface area (Å²) >= 11 is 0. The van der Waals surface area contributed by atoms with Gasteiger partial charge in [-0.3, -0.25) is 0 Å². The van der Waals surface area contributed by atoms with Gasteiger partial charge in [0, 0.05) is 39.3 Å². The highest BCUT2D eigenvalue weighted by molar-refractivity contribution is 6.24.